The van der Waals surface area contributed by atoms with Crippen molar-refractivity contribution in [2.45, 2.75) is 56.1 Å². The smallest absolute Gasteiger partial charge is 0.319 e. The first-order valence-electron chi connectivity index (χ1n) is 14.0. The van der Waals surface area contributed by atoms with Gasteiger partial charge < -0.3 is 20.7 Å². The molecule has 2 unspecified atom stereocenters. The maximum absolute atomic E-state index is 16.4. The molecule has 4 aromatic rings. The van der Waals surface area contributed by atoms with Crippen LogP contribution in [0.25, 0.3) is 32.4 Å². The first-order chi connectivity index (χ1) is 19.1. The van der Waals surface area contributed by atoms with Crippen LogP contribution in [0.1, 0.15) is 38.5 Å². The van der Waals surface area contributed by atoms with Crippen molar-refractivity contribution in [3.63, 3.8) is 0 Å². The number of rotatable bonds is 5. The molecule has 8 heterocycles. The zero-order valence-corrected chi connectivity index (χ0v) is 22.5. The summed E-state index contributed by atoms with van der Waals surface area (Å²) in [7, 11) is 0. The summed E-state index contributed by atoms with van der Waals surface area (Å²) >= 11 is 1.50. The van der Waals surface area contributed by atoms with Gasteiger partial charge in [0.1, 0.15) is 29.5 Å². The van der Waals surface area contributed by atoms with Crippen molar-refractivity contribution in [1.82, 2.24) is 30.2 Å². The number of ether oxygens (including phenoxy) is 1. The Balaban J connectivity index is 1.24. The van der Waals surface area contributed by atoms with Gasteiger partial charge in [-0.15, -0.1) is 11.3 Å². The lowest BCUT2D eigenvalue weighted by molar-refractivity contribution is 0.108. The van der Waals surface area contributed by atoms with E-state index in [9.17, 15) is 0 Å². The number of nitrogen functional groups attached to an aromatic ring is 1. The summed E-state index contributed by atoms with van der Waals surface area (Å²) in [6.45, 7) is 4.41. The van der Waals surface area contributed by atoms with Crippen molar-refractivity contribution < 1.29 is 9.13 Å². The lowest BCUT2D eigenvalue weighted by Crippen LogP contribution is -2.51. The highest BCUT2D eigenvalue weighted by molar-refractivity contribution is 7.17. The Hall–Kier alpha value is -3.15. The SMILES string of the molecule is Nc1ccc2scc(-c3ncc4c(N5CC6CCC(C5)N6)nc(OCC56CCCN5CCC6)nc4c3F)c2n1. The second kappa shape index (κ2) is 8.94. The van der Waals surface area contributed by atoms with Gasteiger partial charge in [-0.3, -0.25) is 9.88 Å². The lowest BCUT2D eigenvalue weighted by Gasteiger charge is -2.34. The summed E-state index contributed by atoms with van der Waals surface area (Å²) in [5.41, 5.74) is 7.74. The summed E-state index contributed by atoms with van der Waals surface area (Å²) < 4.78 is 23.7. The van der Waals surface area contributed by atoms with Gasteiger partial charge in [0.2, 0.25) is 0 Å². The number of thiophene rings is 1. The Morgan fingerprint density at radius 1 is 1.08 bits per heavy atom. The molecule has 0 aromatic carbocycles. The highest BCUT2D eigenvalue weighted by atomic mass is 32.1. The molecule has 2 atom stereocenters. The molecule has 202 valence electrons. The number of hydrogen-bond donors (Lipinski definition) is 2. The number of nitrogens with two attached hydrogens (primary N) is 1. The van der Waals surface area contributed by atoms with Gasteiger partial charge in [-0.25, -0.2) is 9.37 Å². The van der Waals surface area contributed by atoms with Crippen LogP contribution in [-0.4, -0.2) is 75.2 Å². The van der Waals surface area contributed by atoms with Crippen LogP contribution in [0, 0.1) is 5.82 Å². The van der Waals surface area contributed by atoms with Gasteiger partial charge in [0, 0.05) is 42.3 Å². The highest BCUT2D eigenvalue weighted by Crippen LogP contribution is 2.40. The van der Waals surface area contributed by atoms with E-state index in [0.29, 0.717) is 46.8 Å². The van der Waals surface area contributed by atoms with Crippen LogP contribution in [0.2, 0.25) is 0 Å². The topological polar surface area (TPSA) is 105 Å². The Kier molecular flexibility index (Phi) is 5.43. The van der Waals surface area contributed by atoms with E-state index in [2.05, 4.69) is 30.1 Å². The quantitative estimate of drug-likeness (QED) is 0.385. The Morgan fingerprint density at radius 3 is 2.67 bits per heavy atom. The van der Waals surface area contributed by atoms with E-state index in [0.717, 1.165) is 56.6 Å². The molecule has 0 spiro atoms. The number of halogens is 1. The largest absolute Gasteiger partial charge is 0.461 e. The van der Waals surface area contributed by atoms with Gasteiger partial charge in [-0.1, -0.05) is 0 Å². The molecule has 2 bridgehead atoms. The van der Waals surface area contributed by atoms with Crippen molar-refractivity contribution >= 4 is 44.1 Å². The number of piperazine rings is 1. The first-order valence-corrected chi connectivity index (χ1v) is 14.8. The number of aromatic nitrogens is 4. The summed E-state index contributed by atoms with van der Waals surface area (Å²) in [6.07, 6.45) is 8.62. The Bertz CT molecular complexity index is 1570. The van der Waals surface area contributed by atoms with Gasteiger partial charge in [0.05, 0.1) is 21.1 Å². The van der Waals surface area contributed by atoms with Crippen LogP contribution in [0.15, 0.2) is 23.7 Å². The van der Waals surface area contributed by atoms with Crippen molar-refractivity contribution in [2.24, 2.45) is 0 Å². The fourth-order valence-corrected chi connectivity index (χ4v) is 8.12. The molecule has 4 aliphatic rings. The minimum atomic E-state index is -0.482. The van der Waals surface area contributed by atoms with Crippen LogP contribution >= 0.6 is 11.3 Å². The fourth-order valence-electron chi connectivity index (χ4n) is 7.24. The zero-order valence-electron chi connectivity index (χ0n) is 21.7. The third-order valence-corrected chi connectivity index (χ3v) is 10.1. The van der Waals surface area contributed by atoms with Crippen molar-refractivity contribution in [3.8, 4) is 17.3 Å². The number of fused-ring (bicyclic) bond motifs is 5. The van der Waals surface area contributed by atoms with Crippen LogP contribution in [-0.2, 0) is 0 Å². The number of anilines is 2. The predicted octanol–water partition coefficient (Wildman–Crippen LogP) is 3.97. The minimum Gasteiger partial charge on any atom is -0.461 e. The standard InChI is InChI=1S/C28H31FN8OS/c29-22-24(19-14-39-20-5-6-21(30)33-23(19)20)31-11-18-25(22)34-27(38-15-28-7-1-9-37(28)10-2-8-28)35-26(18)36-12-16-3-4-17(13-36)32-16/h5-6,11,14,16-17,32H,1-4,7-10,12-13,15H2,(H2,30,33). The van der Waals surface area contributed by atoms with E-state index in [1.807, 2.05) is 11.4 Å². The van der Waals surface area contributed by atoms with E-state index in [-0.39, 0.29) is 22.8 Å². The second-order valence-corrected chi connectivity index (χ2v) is 12.4. The summed E-state index contributed by atoms with van der Waals surface area (Å²) in [4.78, 5) is 23.5. The summed E-state index contributed by atoms with van der Waals surface area (Å²) in [5.74, 6) is 0.616. The summed E-state index contributed by atoms with van der Waals surface area (Å²) in [5, 5.41) is 6.17. The predicted molar refractivity (Wildman–Crippen MR) is 151 cm³/mol. The highest BCUT2D eigenvalue weighted by Gasteiger charge is 2.45. The van der Waals surface area contributed by atoms with E-state index in [4.69, 9.17) is 15.5 Å². The molecule has 4 aromatic heterocycles. The third-order valence-electron chi connectivity index (χ3n) is 9.13. The molecule has 0 radical (unpaired) electrons. The molecule has 4 fully saturated rings. The Morgan fingerprint density at radius 2 is 1.87 bits per heavy atom. The molecule has 0 aliphatic carbocycles. The fraction of sp³-hybridized carbons (Fsp3) is 0.500. The molecule has 9 nitrogen and oxygen atoms in total. The van der Waals surface area contributed by atoms with Crippen LogP contribution < -0.4 is 20.7 Å². The molecule has 4 saturated heterocycles. The molecule has 0 saturated carbocycles. The molecular weight excluding hydrogens is 515 g/mol. The number of nitrogens with zero attached hydrogens (tertiary/aromatic N) is 6. The van der Waals surface area contributed by atoms with E-state index in [1.54, 1.807) is 12.3 Å². The minimum absolute atomic E-state index is 0.0514. The maximum atomic E-state index is 16.4. The average molecular weight is 547 g/mol. The molecular formula is C28H31FN8OS. The summed E-state index contributed by atoms with van der Waals surface area (Å²) in [6, 6.07) is 4.72. The maximum Gasteiger partial charge on any atom is 0.319 e. The van der Waals surface area contributed by atoms with Crippen molar-refractivity contribution in [2.75, 3.05) is 43.4 Å². The normalized spacial score (nSPS) is 24.2. The van der Waals surface area contributed by atoms with Crippen molar-refractivity contribution in [1.29, 1.82) is 0 Å². The third kappa shape index (κ3) is 3.85. The number of hydrogen-bond acceptors (Lipinski definition) is 10. The number of nitrogens with one attached hydrogen (secondary N) is 1. The lowest BCUT2D eigenvalue weighted by atomic mass is 9.95. The molecule has 39 heavy (non-hydrogen) atoms. The zero-order chi connectivity index (χ0) is 26.1. The second-order valence-electron chi connectivity index (χ2n) is 11.5. The molecule has 4 aliphatic heterocycles. The van der Waals surface area contributed by atoms with Crippen LogP contribution in [0.3, 0.4) is 0 Å². The number of pyridine rings is 2. The van der Waals surface area contributed by atoms with Gasteiger partial charge in [-0.05, 0) is 63.7 Å². The van der Waals surface area contributed by atoms with Crippen molar-refractivity contribution in [3.05, 3.63) is 29.5 Å². The molecule has 0 amide bonds. The first kappa shape index (κ1) is 23.7. The molecule has 3 N–H and O–H groups in total. The average Bonchev–Trinajstić information content (AvgIpc) is 3.71. The molecule has 11 heteroatoms. The monoisotopic (exact) mass is 546 g/mol. The van der Waals surface area contributed by atoms with E-state index < -0.39 is 5.82 Å². The Labute approximate surface area is 229 Å². The van der Waals surface area contributed by atoms with Gasteiger partial charge in [-0.2, -0.15) is 9.97 Å². The van der Waals surface area contributed by atoms with Crippen LogP contribution in [0.4, 0.5) is 16.0 Å². The van der Waals surface area contributed by atoms with Gasteiger partial charge in [0.25, 0.3) is 0 Å². The van der Waals surface area contributed by atoms with Gasteiger partial charge >= 0.3 is 6.01 Å². The van der Waals surface area contributed by atoms with E-state index in [1.165, 1.54) is 24.2 Å². The van der Waals surface area contributed by atoms with Gasteiger partial charge in [0.15, 0.2) is 5.82 Å². The van der Waals surface area contributed by atoms with E-state index >= 15 is 4.39 Å². The molecule has 8 rings (SSSR count). The van der Waals surface area contributed by atoms with Crippen LogP contribution in [0.5, 0.6) is 6.01 Å².